The second kappa shape index (κ2) is 8.24. The molecule has 1 aromatic carbocycles. The van der Waals surface area contributed by atoms with Crippen LogP contribution in [0.3, 0.4) is 0 Å². The maximum absolute atomic E-state index is 13.4. The number of aldehydes is 1. The van der Waals surface area contributed by atoms with Crippen LogP contribution in [0.1, 0.15) is 52.5 Å². The number of rotatable bonds is 5. The van der Waals surface area contributed by atoms with E-state index in [2.05, 4.69) is 15.1 Å². The van der Waals surface area contributed by atoms with Gasteiger partial charge in [0.05, 0.1) is 5.56 Å². The molecule has 0 spiro atoms. The van der Waals surface area contributed by atoms with E-state index in [1.165, 1.54) is 10.6 Å². The quantitative estimate of drug-likeness (QED) is 0.548. The molecule has 2 fully saturated rings. The molecular weight excluding hydrogens is 435 g/mol. The van der Waals surface area contributed by atoms with Gasteiger partial charge in [0.2, 0.25) is 5.82 Å². The van der Waals surface area contributed by atoms with E-state index in [9.17, 15) is 22.8 Å². The van der Waals surface area contributed by atoms with Crippen molar-refractivity contribution in [2.24, 2.45) is 11.8 Å². The van der Waals surface area contributed by atoms with E-state index in [1.54, 1.807) is 29.4 Å². The first-order valence-corrected chi connectivity index (χ1v) is 10.9. The van der Waals surface area contributed by atoms with Crippen LogP contribution in [0.25, 0.3) is 5.78 Å². The topological polar surface area (TPSA) is 80.5 Å². The highest BCUT2D eigenvalue weighted by atomic mass is 19.4. The van der Waals surface area contributed by atoms with Crippen LogP contribution in [-0.2, 0) is 17.4 Å². The standard InChI is InChI=1S/C23H22F3N5O2/c24-23(25,26)19-6-2-1-5-18(19)15-8-16-12-30(13-17(16)9-15)21(33)20-28-22-27-10-14(4-3-7-32)11-31(22)29-20/h1-2,5-7,10-11,15-17H,3-4,8-9,12-13H2/t15-,16-,17+. The van der Waals surface area contributed by atoms with E-state index in [0.717, 1.165) is 17.9 Å². The highest BCUT2D eigenvalue weighted by Gasteiger charge is 2.45. The molecule has 1 saturated carbocycles. The summed E-state index contributed by atoms with van der Waals surface area (Å²) in [6.45, 7) is 0.976. The molecule has 1 aliphatic carbocycles. The summed E-state index contributed by atoms with van der Waals surface area (Å²) in [5, 5.41) is 4.26. The summed E-state index contributed by atoms with van der Waals surface area (Å²) < 4.78 is 41.7. The third-order valence-electron chi connectivity index (χ3n) is 6.73. The number of alkyl halides is 3. The minimum Gasteiger partial charge on any atom is -0.335 e. The number of fused-ring (bicyclic) bond motifs is 2. The molecule has 1 saturated heterocycles. The van der Waals surface area contributed by atoms with Crippen LogP contribution in [0, 0.1) is 11.8 Å². The Morgan fingerprint density at radius 2 is 1.88 bits per heavy atom. The second-order valence-electron chi connectivity index (χ2n) is 8.83. The Hall–Kier alpha value is -3.30. The van der Waals surface area contributed by atoms with Gasteiger partial charge in [-0.1, -0.05) is 18.2 Å². The van der Waals surface area contributed by atoms with Crippen molar-refractivity contribution >= 4 is 18.0 Å². The fourth-order valence-electron chi connectivity index (χ4n) is 5.24. The molecule has 3 atom stereocenters. The molecule has 1 amide bonds. The van der Waals surface area contributed by atoms with Crippen LogP contribution in [0.4, 0.5) is 13.2 Å². The van der Waals surface area contributed by atoms with Gasteiger partial charge in [0, 0.05) is 31.9 Å². The van der Waals surface area contributed by atoms with Crippen LogP contribution in [0.15, 0.2) is 36.7 Å². The van der Waals surface area contributed by atoms with Gasteiger partial charge < -0.3 is 9.69 Å². The first kappa shape index (κ1) is 21.5. The number of carbonyl (C=O) groups excluding carboxylic acids is 2. The van der Waals surface area contributed by atoms with Crippen LogP contribution in [0.2, 0.25) is 0 Å². The lowest BCUT2D eigenvalue weighted by Crippen LogP contribution is -2.30. The molecule has 2 aromatic heterocycles. The average molecular weight is 457 g/mol. The lowest BCUT2D eigenvalue weighted by molar-refractivity contribution is -0.138. The van der Waals surface area contributed by atoms with Gasteiger partial charge >= 0.3 is 6.18 Å². The van der Waals surface area contributed by atoms with Gasteiger partial charge in [-0.15, -0.1) is 5.10 Å². The smallest absolute Gasteiger partial charge is 0.335 e. The van der Waals surface area contributed by atoms with Gasteiger partial charge in [0.25, 0.3) is 11.7 Å². The molecule has 0 N–H and O–H groups in total. The second-order valence-corrected chi connectivity index (χ2v) is 8.83. The zero-order valence-electron chi connectivity index (χ0n) is 17.7. The van der Waals surface area contributed by atoms with Gasteiger partial charge in [-0.3, -0.25) is 4.79 Å². The van der Waals surface area contributed by atoms with Crippen LogP contribution in [-0.4, -0.2) is 49.8 Å². The molecule has 0 radical (unpaired) electrons. The van der Waals surface area contributed by atoms with Crippen molar-refractivity contribution in [1.82, 2.24) is 24.5 Å². The Balaban J connectivity index is 1.28. The van der Waals surface area contributed by atoms with Gasteiger partial charge in [0.1, 0.15) is 6.29 Å². The minimum absolute atomic E-state index is 0.0500. The predicted molar refractivity (Wildman–Crippen MR) is 111 cm³/mol. The van der Waals surface area contributed by atoms with Crippen LogP contribution < -0.4 is 0 Å². The Bertz CT molecular complexity index is 1190. The number of aromatic nitrogens is 4. The summed E-state index contributed by atoms with van der Waals surface area (Å²) in [6, 6.07) is 5.80. The third kappa shape index (κ3) is 4.09. The number of likely N-dealkylation sites (tertiary alicyclic amines) is 1. The normalized spacial score (nSPS) is 22.6. The first-order valence-electron chi connectivity index (χ1n) is 10.9. The van der Waals surface area contributed by atoms with E-state index in [-0.39, 0.29) is 29.5 Å². The molecule has 10 heteroatoms. The van der Waals surface area contributed by atoms with Gasteiger partial charge in [-0.2, -0.15) is 18.2 Å². The molecule has 0 bridgehead atoms. The molecule has 0 unspecified atom stereocenters. The minimum atomic E-state index is -4.37. The molecule has 3 aromatic rings. The summed E-state index contributed by atoms with van der Waals surface area (Å²) in [7, 11) is 0. The van der Waals surface area contributed by atoms with Gasteiger partial charge in [0.15, 0.2) is 0 Å². The number of aryl methyl sites for hydroxylation is 1. The lowest BCUT2D eigenvalue weighted by Gasteiger charge is -2.21. The van der Waals surface area contributed by atoms with Crippen molar-refractivity contribution in [1.29, 1.82) is 0 Å². The third-order valence-corrected chi connectivity index (χ3v) is 6.73. The lowest BCUT2D eigenvalue weighted by atomic mass is 9.91. The number of hydrogen-bond donors (Lipinski definition) is 0. The fraction of sp³-hybridized carbons (Fsp3) is 0.435. The molecule has 5 rings (SSSR count). The molecule has 1 aliphatic heterocycles. The number of hydrogen-bond acceptors (Lipinski definition) is 5. The van der Waals surface area contributed by atoms with Crippen molar-refractivity contribution in [3.05, 3.63) is 59.2 Å². The molecule has 33 heavy (non-hydrogen) atoms. The molecular formula is C23H22F3N5O2. The zero-order valence-corrected chi connectivity index (χ0v) is 17.7. The van der Waals surface area contributed by atoms with Gasteiger partial charge in [-0.25, -0.2) is 9.50 Å². The van der Waals surface area contributed by atoms with Crippen molar-refractivity contribution in [3.8, 4) is 0 Å². The van der Waals surface area contributed by atoms with E-state index in [1.807, 2.05) is 0 Å². The number of carbonyl (C=O) groups is 2. The number of nitrogens with zero attached hydrogens (tertiary/aromatic N) is 5. The fourth-order valence-corrected chi connectivity index (χ4v) is 5.24. The predicted octanol–water partition coefficient (Wildman–Crippen LogP) is 3.54. The SMILES string of the molecule is O=CCCc1cnc2nc(C(=O)N3C[C@H]4C[C@@H](c5ccccc5C(F)(F)F)C[C@H]4C3)nn2c1. The summed E-state index contributed by atoms with van der Waals surface area (Å²) in [5.41, 5.74) is 0.618. The highest BCUT2D eigenvalue weighted by molar-refractivity contribution is 5.91. The Kier molecular flexibility index (Phi) is 5.38. The Labute approximate surface area is 187 Å². The van der Waals surface area contributed by atoms with E-state index < -0.39 is 11.7 Å². The summed E-state index contributed by atoms with van der Waals surface area (Å²) in [4.78, 5) is 33.7. The average Bonchev–Trinajstić information content (AvgIpc) is 3.49. The maximum Gasteiger partial charge on any atom is 0.416 e. The molecule has 7 nitrogen and oxygen atoms in total. The van der Waals surface area contributed by atoms with Gasteiger partial charge in [-0.05, 0) is 54.2 Å². The number of amides is 1. The van der Waals surface area contributed by atoms with Crippen molar-refractivity contribution in [3.63, 3.8) is 0 Å². The summed E-state index contributed by atoms with van der Waals surface area (Å²) >= 11 is 0. The van der Waals surface area contributed by atoms with Crippen molar-refractivity contribution < 1.29 is 22.8 Å². The largest absolute Gasteiger partial charge is 0.416 e. The molecule has 3 heterocycles. The Morgan fingerprint density at radius 1 is 1.15 bits per heavy atom. The number of benzene rings is 1. The van der Waals surface area contributed by atoms with E-state index >= 15 is 0 Å². The first-order chi connectivity index (χ1) is 15.8. The summed E-state index contributed by atoms with van der Waals surface area (Å²) in [5.74, 6) is 0.218. The zero-order chi connectivity index (χ0) is 23.2. The van der Waals surface area contributed by atoms with Crippen LogP contribution in [0.5, 0.6) is 0 Å². The summed E-state index contributed by atoms with van der Waals surface area (Å²) in [6.07, 6.45) is 1.94. The highest BCUT2D eigenvalue weighted by Crippen LogP contribution is 2.48. The Morgan fingerprint density at radius 3 is 2.58 bits per heavy atom. The molecule has 2 aliphatic rings. The van der Waals surface area contributed by atoms with Crippen molar-refractivity contribution in [2.75, 3.05) is 13.1 Å². The van der Waals surface area contributed by atoms with E-state index in [0.29, 0.717) is 50.1 Å². The maximum atomic E-state index is 13.4. The monoisotopic (exact) mass is 457 g/mol. The van der Waals surface area contributed by atoms with Crippen molar-refractivity contribution in [2.45, 2.75) is 37.8 Å². The van der Waals surface area contributed by atoms with E-state index in [4.69, 9.17) is 0 Å². The van der Waals surface area contributed by atoms with Crippen LogP contribution >= 0.6 is 0 Å². The molecule has 172 valence electrons. The number of halogens is 3.